The fraction of sp³-hybridized carbons (Fsp3) is 0.444. The van der Waals surface area contributed by atoms with Crippen LogP contribution in [0.25, 0.3) is 0 Å². The highest BCUT2D eigenvalue weighted by molar-refractivity contribution is 5.14. The minimum absolute atomic E-state index is 0.342. The van der Waals surface area contributed by atoms with Crippen LogP contribution in [0.2, 0.25) is 0 Å². The van der Waals surface area contributed by atoms with Crippen molar-refractivity contribution >= 4 is 0 Å². The molecule has 1 atom stereocenters. The first-order valence-electron chi connectivity index (χ1n) is 7.56. The second-order valence-corrected chi connectivity index (χ2v) is 5.08. The van der Waals surface area contributed by atoms with Crippen LogP contribution < -0.4 is 11.1 Å². The molecule has 0 amide bonds. The van der Waals surface area contributed by atoms with E-state index in [2.05, 4.69) is 36.5 Å². The van der Waals surface area contributed by atoms with E-state index < -0.39 is 0 Å². The van der Waals surface area contributed by atoms with E-state index in [1.807, 2.05) is 25.3 Å². The average molecular weight is 289 g/mol. The van der Waals surface area contributed by atoms with Gasteiger partial charge in [-0.05, 0) is 50.6 Å². The Bertz CT molecular complexity index is 369. The molecule has 0 fully saturated rings. The van der Waals surface area contributed by atoms with E-state index in [0.29, 0.717) is 5.92 Å². The molecule has 0 aromatic carbocycles. The highest BCUT2D eigenvalue weighted by atomic mass is 15.1. The predicted molar refractivity (Wildman–Crippen MR) is 94.3 cm³/mol. The van der Waals surface area contributed by atoms with Crippen molar-refractivity contribution in [2.24, 2.45) is 11.7 Å². The molecule has 0 heterocycles. The van der Waals surface area contributed by atoms with Crippen LogP contribution in [-0.2, 0) is 0 Å². The van der Waals surface area contributed by atoms with E-state index in [-0.39, 0.29) is 0 Å². The third-order valence-electron chi connectivity index (χ3n) is 3.46. The molecular formula is C18H31N3. The second-order valence-electron chi connectivity index (χ2n) is 5.08. The highest BCUT2D eigenvalue weighted by Crippen LogP contribution is 2.19. The highest BCUT2D eigenvalue weighted by Gasteiger charge is 2.12. The van der Waals surface area contributed by atoms with E-state index in [9.17, 15) is 0 Å². The molecule has 3 heteroatoms. The third kappa shape index (κ3) is 8.79. The van der Waals surface area contributed by atoms with Crippen LogP contribution in [0.5, 0.6) is 0 Å². The molecule has 0 aromatic rings. The van der Waals surface area contributed by atoms with Crippen molar-refractivity contribution < 1.29 is 0 Å². The van der Waals surface area contributed by atoms with Crippen LogP contribution in [0.15, 0.2) is 62.3 Å². The Morgan fingerprint density at radius 2 is 1.95 bits per heavy atom. The first-order valence-corrected chi connectivity index (χ1v) is 7.56. The summed E-state index contributed by atoms with van der Waals surface area (Å²) in [4.78, 5) is 2.05. The van der Waals surface area contributed by atoms with Gasteiger partial charge in [-0.3, -0.25) is 0 Å². The van der Waals surface area contributed by atoms with Crippen molar-refractivity contribution in [1.82, 2.24) is 10.2 Å². The first-order chi connectivity index (χ1) is 10.1. The normalized spacial score (nSPS) is 11.9. The molecule has 0 rings (SSSR count). The van der Waals surface area contributed by atoms with Crippen molar-refractivity contribution in [2.75, 3.05) is 13.1 Å². The molecule has 0 aromatic heterocycles. The molecule has 0 spiro atoms. The van der Waals surface area contributed by atoms with Crippen molar-refractivity contribution in [1.29, 1.82) is 0 Å². The van der Waals surface area contributed by atoms with Gasteiger partial charge in [0.05, 0.1) is 0 Å². The van der Waals surface area contributed by atoms with Gasteiger partial charge >= 0.3 is 0 Å². The van der Waals surface area contributed by atoms with Crippen molar-refractivity contribution in [3.8, 4) is 0 Å². The van der Waals surface area contributed by atoms with Gasteiger partial charge in [0.2, 0.25) is 0 Å². The summed E-state index contributed by atoms with van der Waals surface area (Å²) < 4.78 is 0. The number of hydrogen-bond acceptors (Lipinski definition) is 3. The smallest absolute Gasteiger partial charge is 0.0329 e. The zero-order valence-corrected chi connectivity index (χ0v) is 13.5. The van der Waals surface area contributed by atoms with Crippen molar-refractivity contribution in [3.63, 3.8) is 0 Å². The monoisotopic (exact) mass is 289 g/mol. The number of rotatable bonds is 13. The van der Waals surface area contributed by atoms with E-state index in [0.717, 1.165) is 50.2 Å². The Labute approximate surface area is 130 Å². The first kappa shape index (κ1) is 19.1. The summed E-state index contributed by atoms with van der Waals surface area (Å²) in [6.07, 6.45) is 11.8. The van der Waals surface area contributed by atoms with Gasteiger partial charge in [0.25, 0.3) is 0 Å². The maximum atomic E-state index is 5.93. The van der Waals surface area contributed by atoms with Crippen LogP contribution in [0.4, 0.5) is 0 Å². The Hall–Kier alpha value is -1.90. The van der Waals surface area contributed by atoms with Crippen molar-refractivity contribution in [3.05, 3.63) is 62.3 Å². The van der Waals surface area contributed by atoms with Gasteiger partial charge in [-0.25, -0.2) is 0 Å². The van der Waals surface area contributed by atoms with Crippen LogP contribution in [0.3, 0.4) is 0 Å². The molecule has 0 bridgehead atoms. The molecule has 0 aliphatic rings. The molecule has 118 valence electrons. The zero-order chi connectivity index (χ0) is 16.1. The Balaban J connectivity index is 4.24. The quantitative estimate of drug-likeness (QED) is 0.399. The maximum absolute atomic E-state index is 5.93. The lowest BCUT2D eigenvalue weighted by Gasteiger charge is -2.24. The zero-order valence-electron chi connectivity index (χ0n) is 13.5. The van der Waals surface area contributed by atoms with Gasteiger partial charge in [0.1, 0.15) is 0 Å². The number of nitrogens with one attached hydrogen (secondary N) is 1. The molecule has 3 N–H and O–H groups in total. The Morgan fingerprint density at radius 1 is 1.24 bits per heavy atom. The molecule has 0 aliphatic heterocycles. The topological polar surface area (TPSA) is 41.3 Å². The largest absolute Gasteiger partial charge is 0.402 e. The molecule has 3 nitrogen and oxygen atoms in total. The summed E-state index contributed by atoms with van der Waals surface area (Å²) in [5, 5.41) is 3.11. The molecule has 0 saturated carbocycles. The Kier molecular flexibility index (Phi) is 10.8. The second kappa shape index (κ2) is 11.9. The van der Waals surface area contributed by atoms with Crippen LogP contribution in [0, 0.1) is 5.92 Å². The van der Waals surface area contributed by atoms with Gasteiger partial charge in [-0.2, -0.15) is 0 Å². The lowest BCUT2D eigenvalue weighted by molar-refractivity contribution is 0.395. The summed E-state index contributed by atoms with van der Waals surface area (Å²) >= 11 is 0. The van der Waals surface area contributed by atoms with E-state index in [4.69, 9.17) is 5.73 Å². The summed E-state index contributed by atoms with van der Waals surface area (Å²) in [7, 11) is 0. The molecular weight excluding hydrogens is 258 g/mol. The molecule has 0 saturated heterocycles. The van der Waals surface area contributed by atoms with Crippen LogP contribution in [-0.4, -0.2) is 18.0 Å². The molecule has 21 heavy (non-hydrogen) atoms. The lowest BCUT2D eigenvalue weighted by Crippen LogP contribution is -2.21. The summed E-state index contributed by atoms with van der Waals surface area (Å²) in [5.41, 5.74) is 7.65. The lowest BCUT2D eigenvalue weighted by atomic mass is 9.95. The predicted octanol–water partition coefficient (Wildman–Crippen LogP) is 3.90. The fourth-order valence-electron chi connectivity index (χ4n) is 2.17. The maximum Gasteiger partial charge on any atom is 0.0329 e. The minimum atomic E-state index is 0.342. The summed E-state index contributed by atoms with van der Waals surface area (Å²) in [6.45, 7) is 19.2. The Morgan fingerprint density at radius 3 is 2.48 bits per heavy atom. The average Bonchev–Trinajstić information content (AvgIpc) is 2.45. The van der Waals surface area contributed by atoms with Crippen LogP contribution in [0.1, 0.15) is 32.6 Å². The van der Waals surface area contributed by atoms with Crippen LogP contribution >= 0.6 is 0 Å². The standard InChI is InChI=1S/C18H31N3/c1-6-11-16(4)21(8-3)15-13-18(17(5)19)12-9-10-14-20-7-2/h6-8,11,18,20H,2-5,9-10,12-15,19H2,1H3/b11-6-. The number of nitrogens with two attached hydrogens (primary N) is 1. The fourth-order valence-corrected chi connectivity index (χ4v) is 2.17. The van der Waals surface area contributed by atoms with Gasteiger partial charge in [0, 0.05) is 24.5 Å². The van der Waals surface area contributed by atoms with E-state index in [1.165, 1.54) is 0 Å². The van der Waals surface area contributed by atoms with E-state index >= 15 is 0 Å². The summed E-state index contributed by atoms with van der Waals surface area (Å²) in [6, 6.07) is 0. The molecule has 0 radical (unpaired) electrons. The van der Waals surface area contributed by atoms with Gasteiger partial charge in [-0.15, -0.1) is 0 Å². The van der Waals surface area contributed by atoms with E-state index in [1.54, 1.807) is 6.20 Å². The van der Waals surface area contributed by atoms with Crippen molar-refractivity contribution in [2.45, 2.75) is 32.6 Å². The molecule has 0 aliphatic carbocycles. The van der Waals surface area contributed by atoms with Gasteiger partial charge in [0.15, 0.2) is 0 Å². The third-order valence-corrected chi connectivity index (χ3v) is 3.46. The van der Waals surface area contributed by atoms with Gasteiger partial charge < -0.3 is 16.0 Å². The summed E-state index contributed by atoms with van der Waals surface area (Å²) in [5.74, 6) is 0.342. The SMILES string of the molecule is C=CNCCCCC(CCN(C=C)C(=C)/C=C\C)C(=C)N. The number of hydrogen-bond donors (Lipinski definition) is 2. The van der Waals surface area contributed by atoms with Gasteiger partial charge in [-0.1, -0.05) is 38.8 Å². The number of unbranched alkanes of at least 4 members (excludes halogenated alkanes) is 1. The minimum Gasteiger partial charge on any atom is -0.402 e. The number of allylic oxidation sites excluding steroid dienone is 3. The number of nitrogens with zero attached hydrogens (tertiary/aromatic N) is 1. The molecule has 1 unspecified atom stereocenters.